The molecule has 0 aromatic heterocycles. The molecule has 158 valence electrons. The van der Waals surface area contributed by atoms with Gasteiger partial charge >= 0.3 is 0 Å². The Bertz CT molecular complexity index is 973. The van der Waals surface area contributed by atoms with Crippen molar-refractivity contribution in [3.8, 4) is 0 Å². The third kappa shape index (κ3) is 2.21. The van der Waals surface area contributed by atoms with Crippen LogP contribution in [0.25, 0.3) is 0 Å². The molecule has 2 heterocycles. The third-order valence-corrected chi connectivity index (χ3v) is 6.69. The largest absolute Gasteiger partial charge is 0.383 e. The van der Waals surface area contributed by atoms with Crippen LogP contribution < -0.4 is 5.32 Å². The lowest BCUT2D eigenvalue weighted by Gasteiger charge is -2.35. The topological polar surface area (TPSA) is 119 Å². The number of ether oxygens (including phenoxy) is 2. The molecule has 3 aliphatic rings. The number of benzene rings is 1. The van der Waals surface area contributed by atoms with Crippen LogP contribution in [0, 0.1) is 11.8 Å². The molecule has 2 saturated heterocycles. The molecule has 1 amide bonds. The van der Waals surface area contributed by atoms with Crippen molar-refractivity contribution in [2.24, 2.45) is 11.8 Å². The van der Waals surface area contributed by atoms with E-state index in [1.807, 2.05) is 6.92 Å². The first-order chi connectivity index (χ1) is 14.2. The second-order valence-electron chi connectivity index (χ2n) is 7.95. The fourth-order valence-electron chi connectivity index (χ4n) is 5.01. The molecule has 2 spiro atoms. The molecule has 0 unspecified atom stereocenters. The van der Waals surface area contributed by atoms with Crippen LogP contribution in [0.5, 0.6) is 0 Å². The van der Waals surface area contributed by atoms with Gasteiger partial charge in [-0.2, -0.15) is 0 Å². The lowest BCUT2D eigenvalue weighted by Crippen LogP contribution is -2.61. The SMILES string of the molecule is CC[C@@H]1C=CC(=O)[C@@]12O[C@@]1(C(=O)N[C@@](OC)(C(=O)c3ccccc3)[C@@H]1O)C(=O)[C@@H]2C. The van der Waals surface area contributed by atoms with Gasteiger partial charge in [0.2, 0.25) is 17.1 Å². The number of ketones is 3. The van der Waals surface area contributed by atoms with Gasteiger partial charge in [0.25, 0.3) is 5.91 Å². The highest BCUT2D eigenvalue weighted by atomic mass is 16.6. The second-order valence-corrected chi connectivity index (χ2v) is 7.95. The maximum Gasteiger partial charge on any atom is 0.265 e. The van der Waals surface area contributed by atoms with Crippen molar-refractivity contribution in [1.29, 1.82) is 0 Å². The fourth-order valence-corrected chi connectivity index (χ4v) is 5.01. The number of carbonyl (C=O) groups excluding carboxylic acids is 4. The molecular weight excluding hydrogens is 390 g/mol. The number of aliphatic hydroxyl groups is 1. The molecule has 1 aromatic rings. The van der Waals surface area contributed by atoms with Crippen LogP contribution >= 0.6 is 0 Å². The predicted molar refractivity (Wildman–Crippen MR) is 103 cm³/mol. The summed E-state index contributed by atoms with van der Waals surface area (Å²) in [5.41, 5.74) is -6.07. The lowest BCUT2D eigenvalue weighted by atomic mass is 9.75. The van der Waals surface area contributed by atoms with E-state index in [9.17, 15) is 24.3 Å². The van der Waals surface area contributed by atoms with Gasteiger partial charge in [-0.05, 0) is 12.5 Å². The van der Waals surface area contributed by atoms with Crippen LogP contribution in [0.4, 0.5) is 0 Å². The Kier molecular flexibility index (Phi) is 4.57. The number of carbonyl (C=O) groups is 4. The Hall–Kier alpha value is -2.68. The number of hydrogen-bond donors (Lipinski definition) is 2. The van der Waals surface area contributed by atoms with E-state index in [2.05, 4.69) is 5.32 Å². The average molecular weight is 413 g/mol. The first-order valence-electron chi connectivity index (χ1n) is 9.85. The maximum absolute atomic E-state index is 13.4. The van der Waals surface area contributed by atoms with Crippen LogP contribution in [0.2, 0.25) is 0 Å². The number of hydrogen-bond acceptors (Lipinski definition) is 7. The van der Waals surface area contributed by atoms with Crippen LogP contribution in [0.1, 0.15) is 30.6 Å². The Labute approximate surface area is 173 Å². The highest BCUT2D eigenvalue weighted by Gasteiger charge is 2.79. The summed E-state index contributed by atoms with van der Waals surface area (Å²) in [5.74, 6) is -4.34. The highest BCUT2D eigenvalue weighted by molar-refractivity contribution is 6.21. The van der Waals surface area contributed by atoms with Crippen molar-refractivity contribution in [3.05, 3.63) is 48.0 Å². The second kappa shape index (κ2) is 6.66. The molecule has 4 rings (SSSR count). The molecule has 0 bridgehead atoms. The minimum atomic E-state index is -2.42. The van der Waals surface area contributed by atoms with E-state index >= 15 is 0 Å². The van der Waals surface area contributed by atoms with Gasteiger partial charge in [0.05, 0.1) is 5.92 Å². The molecule has 2 aliphatic heterocycles. The fraction of sp³-hybridized carbons (Fsp3) is 0.455. The standard InChI is InChI=1S/C22H23NO7/c1-4-14-10-11-15(24)20(14)12(2)16(25)21(30-20)18(27)22(29-3,23-19(21)28)17(26)13-8-6-5-7-9-13/h5-12,14,18,27H,4H2,1-3H3,(H,23,28)/t12-,14+,18+,20-,21-,22+/m0/s1. The molecule has 0 radical (unpaired) electrons. The number of aliphatic hydroxyl groups excluding tert-OH is 1. The van der Waals surface area contributed by atoms with Gasteiger partial charge < -0.3 is 19.9 Å². The number of methoxy groups -OCH3 is 1. The molecule has 6 atom stereocenters. The van der Waals surface area contributed by atoms with E-state index in [0.29, 0.717) is 6.42 Å². The predicted octanol–water partition coefficient (Wildman–Crippen LogP) is 0.581. The van der Waals surface area contributed by atoms with Gasteiger partial charge in [-0.25, -0.2) is 0 Å². The first-order valence-corrected chi connectivity index (χ1v) is 9.85. The Morgan fingerprint density at radius 1 is 1.23 bits per heavy atom. The molecule has 1 aliphatic carbocycles. The lowest BCUT2D eigenvalue weighted by molar-refractivity contribution is -0.189. The van der Waals surface area contributed by atoms with Crippen LogP contribution in [-0.2, 0) is 23.9 Å². The highest BCUT2D eigenvalue weighted by Crippen LogP contribution is 2.53. The number of rotatable bonds is 4. The van der Waals surface area contributed by atoms with Gasteiger partial charge in [-0.15, -0.1) is 0 Å². The van der Waals surface area contributed by atoms with Crippen LogP contribution in [-0.4, -0.2) is 58.5 Å². The summed E-state index contributed by atoms with van der Waals surface area (Å²) in [7, 11) is 1.15. The van der Waals surface area contributed by atoms with Gasteiger partial charge in [0.15, 0.2) is 17.7 Å². The minimum absolute atomic E-state index is 0.175. The van der Waals surface area contributed by atoms with Crippen molar-refractivity contribution < 1.29 is 33.8 Å². The van der Waals surface area contributed by atoms with Gasteiger partial charge in [0.1, 0.15) is 5.60 Å². The summed E-state index contributed by atoms with van der Waals surface area (Å²) in [4.78, 5) is 52.5. The summed E-state index contributed by atoms with van der Waals surface area (Å²) >= 11 is 0. The van der Waals surface area contributed by atoms with E-state index in [-0.39, 0.29) is 5.56 Å². The molecule has 2 N–H and O–H groups in total. The molecule has 8 heteroatoms. The number of nitrogens with one attached hydrogen (secondary N) is 1. The summed E-state index contributed by atoms with van der Waals surface area (Å²) in [6.07, 6.45) is 1.50. The zero-order valence-corrected chi connectivity index (χ0v) is 16.9. The van der Waals surface area contributed by atoms with Crippen molar-refractivity contribution in [2.45, 2.75) is 43.3 Å². The normalized spacial score (nSPS) is 40.0. The molecule has 0 saturated carbocycles. The monoisotopic (exact) mass is 413 g/mol. The number of amides is 1. The molecule has 30 heavy (non-hydrogen) atoms. The van der Waals surface area contributed by atoms with E-state index in [4.69, 9.17) is 9.47 Å². The van der Waals surface area contributed by atoms with Crippen LogP contribution in [0.3, 0.4) is 0 Å². The quantitative estimate of drug-likeness (QED) is 0.547. The van der Waals surface area contributed by atoms with Crippen molar-refractivity contribution in [3.63, 3.8) is 0 Å². The van der Waals surface area contributed by atoms with E-state index in [0.717, 1.165) is 7.11 Å². The zero-order chi connectivity index (χ0) is 21.9. The number of Topliss-reactive ketones (excluding diaryl/α,β-unsaturated/α-hetero) is 2. The van der Waals surface area contributed by atoms with Gasteiger partial charge in [0, 0.05) is 18.6 Å². The van der Waals surface area contributed by atoms with Crippen LogP contribution in [0.15, 0.2) is 42.5 Å². The van der Waals surface area contributed by atoms with Gasteiger partial charge in [-0.3, -0.25) is 19.2 Å². The molecule has 8 nitrogen and oxygen atoms in total. The summed E-state index contributed by atoms with van der Waals surface area (Å²) < 4.78 is 11.3. The van der Waals surface area contributed by atoms with Gasteiger partial charge in [-0.1, -0.05) is 50.3 Å². The molecule has 2 fully saturated rings. The van der Waals surface area contributed by atoms with Crippen molar-refractivity contribution in [1.82, 2.24) is 5.32 Å². The third-order valence-electron chi connectivity index (χ3n) is 6.69. The zero-order valence-electron chi connectivity index (χ0n) is 16.9. The summed E-state index contributed by atoms with van der Waals surface area (Å²) in [5, 5.41) is 13.6. The Balaban J connectivity index is 1.82. The van der Waals surface area contributed by atoms with Crippen molar-refractivity contribution >= 4 is 23.3 Å². The Morgan fingerprint density at radius 2 is 1.90 bits per heavy atom. The first kappa shape index (κ1) is 20.6. The molecular formula is C22H23NO7. The van der Waals surface area contributed by atoms with Crippen molar-refractivity contribution in [2.75, 3.05) is 7.11 Å². The summed E-state index contributed by atoms with van der Waals surface area (Å²) in [6.45, 7) is 3.35. The maximum atomic E-state index is 13.4. The molecule has 1 aromatic carbocycles. The Morgan fingerprint density at radius 3 is 2.50 bits per heavy atom. The minimum Gasteiger partial charge on any atom is -0.383 e. The summed E-state index contributed by atoms with van der Waals surface area (Å²) in [6, 6.07) is 7.97. The van der Waals surface area contributed by atoms with E-state index in [1.165, 1.54) is 25.1 Å². The average Bonchev–Trinajstić information content (AvgIpc) is 3.29. The smallest absolute Gasteiger partial charge is 0.265 e. The van der Waals surface area contributed by atoms with E-state index in [1.54, 1.807) is 24.3 Å². The van der Waals surface area contributed by atoms with E-state index < -0.39 is 58.1 Å².